The number of hydrogen-bond donors (Lipinski definition) is 0. The van der Waals surface area contributed by atoms with Crippen molar-refractivity contribution in [3.8, 4) is 11.5 Å². The van der Waals surface area contributed by atoms with Gasteiger partial charge in [-0.15, -0.1) is 11.8 Å². The van der Waals surface area contributed by atoms with Crippen molar-refractivity contribution in [2.24, 2.45) is 0 Å². The van der Waals surface area contributed by atoms with Crippen LogP contribution >= 0.6 is 11.8 Å². The Kier molecular flexibility index (Phi) is 6.07. The molecule has 0 amide bonds. The van der Waals surface area contributed by atoms with Gasteiger partial charge in [0.2, 0.25) is 0 Å². The first-order valence-electron chi connectivity index (χ1n) is 10.3. The Bertz CT molecular complexity index is 811. The van der Waals surface area contributed by atoms with Crippen molar-refractivity contribution in [3.63, 3.8) is 0 Å². The summed E-state index contributed by atoms with van der Waals surface area (Å²) in [7, 11) is 3.27. The number of fused-ring (bicyclic) bond motifs is 2. The third-order valence-corrected chi connectivity index (χ3v) is 7.25. The zero-order valence-electron chi connectivity index (χ0n) is 18.3. The van der Waals surface area contributed by atoms with Gasteiger partial charge in [0.15, 0.2) is 12.1 Å². The van der Waals surface area contributed by atoms with Crippen molar-refractivity contribution in [2.45, 2.75) is 81.6 Å². The van der Waals surface area contributed by atoms with E-state index in [1.807, 2.05) is 32.9 Å². The van der Waals surface area contributed by atoms with Gasteiger partial charge in [-0.05, 0) is 46.2 Å². The molecule has 6 atom stereocenters. The van der Waals surface area contributed by atoms with Crippen LogP contribution in [-0.4, -0.2) is 55.6 Å². The van der Waals surface area contributed by atoms with Crippen LogP contribution in [0.25, 0.3) is 0 Å². The lowest BCUT2D eigenvalue weighted by Gasteiger charge is -2.38. The Morgan fingerprint density at radius 2 is 1.87 bits per heavy atom. The average Bonchev–Trinajstić information content (AvgIpc) is 3.01. The van der Waals surface area contributed by atoms with Gasteiger partial charge in [0.05, 0.1) is 31.7 Å². The van der Waals surface area contributed by atoms with Crippen LogP contribution in [0.2, 0.25) is 0 Å². The summed E-state index contributed by atoms with van der Waals surface area (Å²) in [6.07, 6.45) is 0.267. The number of methoxy groups -OCH3 is 2. The summed E-state index contributed by atoms with van der Waals surface area (Å²) >= 11 is 1.49. The molecule has 0 N–H and O–H groups in total. The summed E-state index contributed by atoms with van der Waals surface area (Å²) in [5.74, 6) is 0.924. The number of benzene rings is 1. The highest BCUT2D eigenvalue weighted by Crippen LogP contribution is 2.50. The number of hydrogen-bond acceptors (Lipinski definition) is 8. The fraction of sp³-hybridized carbons (Fsp3) is 0.682. The van der Waals surface area contributed by atoms with Crippen molar-refractivity contribution in [2.75, 3.05) is 14.2 Å². The van der Waals surface area contributed by atoms with Crippen LogP contribution in [0.5, 0.6) is 11.5 Å². The van der Waals surface area contributed by atoms with Crippen LogP contribution in [0.1, 0.15) is 50.7 Å². The van der Waals surface area contributed by atoms with E-state index in [-0.39, 0.29) is 29.3 Å². The zero-order valence-corrected chi connectivity index (χ0v) is 19.1. The molecule has 0 aromatic heterocycles. The number of carbonyl (C=O) groups excluding carboxylic acids is 1. The van der Waals surface area contributed by atoms with Crippen molar-refractivity contribution in [3.05, 3.63) is 23.3 Å². The number of thioether (sulfide) groups is 1. The molecule has 3 aliphatic rings. The first-order chi connectivity index (χ1) is 14.2. The molecule has 0 aliphatic carbocycles. The molecule has 3 aliphatic heterocycles. The largest absolute Gasteiger partial charge is 0.496 e. The maximum Gasteiger partial charge on any atom is 0.163 e. The van der Waals surface area contributed by atoms with E-state index in [0.717, 1.165) is 16.9 Å². The molecule has 2 fully saturated rings. The minimum atomic E-state index is -0.635. The molecule has 8 heteroatoms. The molecule has 30 heavy (non-hydrogen) atoms. The zero-order chi connectivity index (χ0) is 21.6. The Hall–Kier alpha value is -1.32. The topological polar surface area (TPSA) is 72.5 Å². The Morgan fingerprint density at radius 1 is 1.17 bits per heavy atom. The maximum absolute atomic E-state index is 12.3. The fourth-order valence-electron chi connectivity index (χ4n) is 4.48. The molecule has 0 unspecified atom stereocenters. The molecule has 7 nitrogen and oxygen atoms in total. The summed E-state index contributed by atoms with van der Waals surface area (Å²) in [4.78, 5) is 12.3. The Balaban J connectivity index is 1.62. The van der Waals surface area contributed by atoms with E-state index in [0.29, 0.717) is 18.6 Å². The summed E-state index contributed by atoms with van der Waals surface area (Å²) in [6.45, 7) is 7.41. The lowest BCUT2D eigenvalue weighted by molar-refractivity contribution is -0.232. The first-order valence-corrected chi connectivity index (χ1v) is 11.2. The predicted octanol–water partition coefficient (Wildman–Crippen LogP) is 3.62. The molecule has 166 valence electrons. The fourth-order valence-corrected chi connectivity index (χ4v) is 5.82. The minimum absolute atomic E-state index is 0.0994. The molecule has 4 rings (SSSR count). The van der Waals surface area contributed by atoms with Gasteiger partial charge in [0.25, 0.3) is 0 Å². The van der Waals surface area contributed by atoms with E-state index in [2.05, 4.69) is 0 Å². The van der Waals surface area contributed by atoms with Crippen LogP contribution in [0.4, 0.5) is 0 Å². The summed E-state index contributed by atoms with van der Waals surface area (Å²) in [5.41, 5.74) is 1.43. The molecule has 2 saturated heterocycles. The van der Waals surface area contributed by atoms with Gasteiger partial charge in [0.1, 0.15) is 28.8 Å². The van der Waals surface area contributed by atoms with Gasteiger partial charge in [0, 0.05) is 17.5 Å². The monoisotopic (exact) mass is 438 g/mol. The molecule has 0 radical (unpaired) electrons. The SMILES string of the molecule is COc1ccc(OC)c2c1C[C@H](C(C)=O)S[C@H]2O[C@H]1C[C@@H]2OC(C)(C)O[C@@H]2[C@H](C)O1. The second kappa shape index (κ2) is 8.31. The van der Waals surface area contributed by atoms with Crippen LogP contribution in [0.15, 0.2) is 12.1 Å². The van der Waals surface area contributed by atoms with E-state index in [4.69, 9.17) is 28.4 Å². The van der Waals surface area contributed by atoms with Gasteiger partial charge in [-0.2, -0.15) is 0 Å². The molecular weight excluding hydrogens is 408 g/mol. The second-order valence-corrected chi connectivity index (χ2v) is 9.68. The van der Waals surface area contributed by atoms with Crippen molar-refractivity contribution >= 4 is 17.5 Å². The minimum Gasteiger partial charge on any atom is -0.496 e. The third-order valence-electron chi connectivity index (χ3n) is 5.83. The summed E-state index contributed by atoms with van der Waals surface area (Å²) in [5, 5.41) is -0.220. The predicted molar refractivity (Wildman–Crippen MR) is 112 cm³/mol. The van der Waals surface area contributed by atoms with E-state index in [1.54, 1.807) is 21.1 Å². The van der Waals surface area contributed by atoms with E-state index in [9.17, 15) is 4.79 Å². The van der Waals surface area contributed by atoms with Crippen molar-refractivity contribution in [1.29, 1.82) is 0 Å². The van der Waals surface area contributed by atoms with Gasteiger partial charge in [-0.3, -0.25) is 4.79 Å². The smallest absolute Gasteiger partial charge is 0.163 e. The number of ether oxygens (including phenoxy) is 6. The Labute approximate surface area is 181 Å². The van der Waals surface area contributed by atoms with Crippen LogP contribution in [0.3, 0.4) is 0 Å². The average molecular weight is 439 g/mol. The van der Waals surface area contributed by atoms with Gasteiger partial charge in [-0.1, -0.05) is 0 Å². The number of Topliss-reactive ketones (excluding diaryl/α,β-unsaturated/α-hetero) is 1. The van der Waals surface area contributed by atoms with E-state index < -0.39 is 17.5 Å². The highest BCUT2D eigenvalue weighted by atomic mass is 32.2. The lowest BCUT2D eigenvalue weighted by Crippen LogP contribution is -2.46. The molecular formula is C22H30O7S. The van der Waals surface area contributed by atoms with Crippen molar-refractivity contribution in [1.82, 2.24) is 0 Å². The summed E-state index contributed by atoms with van der Waals surface area (Å²) in [6, 6.07) is 3.75. The molecule has 0 spiro atoms. The van der Waals surface area contributed by atoms with E-state index in [1.165, 1.54) is 11.8 Å². The first kappa shape index (κ1) is 21.9. The normalized spacial score (nSPS) is 34.7. The Morgan fingerprint density at radius 3 is 2.53 bits per heavy atom. The molecule has 3 heterocycles. The molecule has 1 aromatic carbocycles. The highest BCUT2D eigenvalue weighted by molar-refractivity contribution is 8.00. The second-order valence-electron chi connectivity index (χ2n) is 8.41. The van der Waals surface area contributed by atoms with Gasteiger partial charge >= 0.3 is 0 Å². The number of carbonyl (C=O) groups is 1. The molecule has 0 saturated carbocycles. The lowest BCUT2D eigenvalue weighted by atomic mass is 9.98. The standard InChI is InChI=1S/C22H30O7S/c1-11(23)17-9-13-14(24-5)7-8-15(25-6)19(13)21(30-17)27-18-10-16-20(12(2)26-18)29-22(3,4)28-16/h7-8,12,16-18,20-21H,9-10H2,1-6H3/t12-,16-,17+,18-,20+,21+/m0/s1. The molecule has 0 bridgehead atoms. The van der Waals surface area contributed by atoms with Gasteiger partial charge in [-0.25, -0.2) is 0 Å². The number of rotatable bonds is 5. The maximum atomic E-state index is 12.3. The van der Waals surface area contributed by atoms with Crippen LogP contribution in [-0.2, 0) is 30.2 Å². The van der Waals surface area contributed by atoms with Crippen molar-refractivity contribution < 1.29 is 33.2 Å². The highest BCUT2D eigenvalue weighted by Gasteiger charge is 2.49. The molecule has 1 aromatic rings. The number of ketones is 1. The third kappa shape index (κ3) is 4.08. The van der Waals surface area contributed by atoms with Crippen LogP contribution in [0, 0.1) is 0 Å². The summed E-state index contributed by atoms with van der Waals surface area (Å²) < 4.78 is 35.8. The van der Waals surface area contributed by atoms with E-state index >= 15 is 0 Å². The van der Waals surface area contributed by atoms with Gasteiger partial charge < -0.3 is 28.4 Å². The quantitative estimate of drug-likeness (QED) is 0.690. The van der Waals surface area contributed by atoms with Crippen LogP contribution < -0.4 is 9.47 Å².